The van der Waals surface area contributed by atoms with Crippen molar-refractivity contribution in [3.8, 4) is 12.1 Å². The molecular formula is C4BN3S. The Labute approximate surface area is 56.3 Å². The van der Waals surface area contributed by atoms with E-state index in [-0.39, 0.29) is 5.69 Å². The van der Waals surface area contributed by atoms with Crippen LogP contribution in [0.4, 0.5) is 0 Å². The first-order chi connectivity index (χ1) is 4.38. The molecule has 1 heterocycles. The number of hydrogen-bond donors (Lipinski definition) is 0. The number of hydrogen-bond acceptors (Lipinski definition) is 4. The van der Waals surface area contributed by atoms with Gasteiger partial charge in [0.2, 0.25) is 0 Å². The van der Waals surface area contributed by atoms with Crippen molar-refractivity contribution in [3.63, 3.8) is 0 Å². The molecule has 0 spiro atoms. The second-order valence-corrected chi connectivity index (χ2v) is 2.11. The summed E-state index contributed by atoms with van der Waals surface area (Å²) in [4.78, 5) is 4.03. The van der Waals surface area contributed by atoms with Crippen LogP contribution in [-0.2, 0) is 0 Å². The Morgan fingerprint density at radius 3 is 2.67 bits per heavy atom. The van der Waals surface area contributed by atoms with Crippen molar-refractivity contribution in [3.05, 3.63) is 10.6 Å². The molecule has 0 fully saturated rings. The molecule has 0 radical (unpaired) electrons. The van der Waals surface area contributed by atoms with E-state index in [4.69, 9.17) is 10.5 Å². The fraction of sp³-hybridized carbons (Fsp3) is 0. The van der Waals surface area contributed by atoms with Crippen LogP contribution in [0.3, 0.4) is 0 Å². The van der Waals surface area contributed by atoms with E-state index in [1.807, 2.05) is 6.07 Å². The van der Waals surface area contributed by atoms with Crippen LogP contribution in [0.5, 0.6) is 0 Å². The molecule has 40 valence electrons. The number of aromatic nitrogens is 1. The summed E-state index contributed by atoms with van der Waals surface area (Å²) in [6.07, 6.45) is 1.48. The van der Waals surface area contributed by atoms with Gasteiger partial charge in [0.25, 0.3) is 0 Å². The third kappa shape index (κ3) is 0.958. The van der Waals surface area contributed by atoms with Crippen LogP contribution in [-0.4, -0.2) is 11.2 Å². The normalized spacial score (nSPS) is 7.33. The third-order valence-electron chi connectivity index (χ3n) is 0.775. The van der Waals surface area contributed by atoms with Crippen molar-refractivity contribution in [1.29, 1.82) is 10.5 Å². The van der Waals surface area contributed by atoms with Crippen LogP contribution in [0.2, 0.25) is 0 Å². The van der Waals surface area contributed by atoms with Gasteiger partial charge < -0.3 is 0 Å². The molecule has 0 saturated carbocycles. The van der Waals surface area contributed by atoms with Crippen LogP contribution in [0.1, 0.15) is 10.6 Å². The topological polar surface area (TPSA) is 60.5 Å². The van der Waals surface area contributed by atoms with Gasteiger partial charge in [0.15, 0.2) is 0 Å². The van der Waals surface area contributed by atoms with E-state index in [2.05, 4.69) is 4.89 Å². The van der Waals surface area contributed by atoms with E-state index in [9.17, 15) is 0 Å². The molecule has 0 aliphatic carbocycles. The zero-order valence-electron chi connectivity index (χ0n) is 4.33. The molecule has 0 aliphatic rings. The first kappa shape index (κ1) is 5.93. The first-order valence-electron chi connectivity index (χ1n) is 2.12. The van der Waals surface area contributed by atoms with Gasteiger partial charge in [-0.05, 0) is 0 Å². The molecule has 1 rings (SSSR count). The van der Waals surface area contributed by atoms with Gasteiger partial charge >= 0.3 is 55.6 Å². The number of rotatable bonds is 0. The van der Waals surface area contributed by atoms with Gasteiger partial charge in [-0.15, -0.1) is 0 Å². The summed E-state index contributed by atoms with van der Waals surface area (Å²) in [7, 11) is 0. The van der Waals surface area contributed by atoms with Gasteiger partial charge in [-0.25, -0.2) is 0 Å². The average Bonchev–Trinajstić information content (AvgIpc) is 2.33. The monoisotopic (exact) mass is 133 g/mol. The molecule has 1 aromatic rings. The Hall–Kier alpha value is -1.20. The summed E-state index contributed by atoms with van der Waals surface area (Å²) in [6, 6.07) is 3.66. The molecule has 5 heteroatoms. The molecule has 0 N–H and O–H groups in total. The molecule has 0 aromatic carbocycles. The quantitative estimate of drug-likeness (QED) is 0.508. The van der Waals surface area contributed by atoms with Crippen molar-refractivity contribution >= 4 is 17.5 Å². The average molecular weight is 133 g/mol. The molecule has 0 saturated heterocycles. The van der Waals surface area contributed by atoms with Crippen molar-refractivity contribution in [2.24, 2.45) is 0 Å². The second kappa shape index (κ2) is 2.39. The van der Waals surface area contributed by atoms with E-state index in [0.29, 0.717) is 4.88 Å². The SMILES string of the molecule is N#Cc1nbsc1C#N. The maximum atomic E-state index is 8.31. The third-order valence-corrected chi connectivity index (χ3v) is 1.51. The summed E-state index contributed by atoms with van der Waals surface area (Å²) < 4.78 is 0. The van der Waals surface area contributed by atoms with Crippen molar-refractivity contribution in [2.75, 3.05) is 0 Å². The molecule has 0 bridgehead atoms. The van der Waals surface area contributed by atoms with Crippen molar-refractivity contribution in [1.82, 2.24) is 4.89 Å². The Morgan fingerprint density at radius 2 is 2.22 bits per heavy atom. The van der Waals surface area contributed by atoms with E-state index in [1.54, 1.807) is 6.07 Å². The van der Waals surface area contributed by atoms with Gasteiger partial charge in [0.1, 0.15) is 0 Å². The fourth-order valence-corrected chi connectivity index (χ4v) is 0.931. The summed E-state index contributed by atoms with van der Waals surface area (Å²) >= 11 is 1.18. The number of nitriles is 2. The van der Waals surface area contributed by atoms with Gasteiger partial charge in [-0.3, -0.25) is 0 Å². The molecule has 1 aromatic heterocycles. The first-order valence-corrected chi connectivity index (χ1v) is 3.00. The standard InChI is InChI=1S/C4BN3S/c6-1-3-4(2-7)9-5-8-3. The van der Waals surface area contributed by atoms with Crippen LogP contribution in [0, 0.1) is 22.7 Å². The van der Waals surface area contributed by atoms with Gasteiger partial charge in [-0.1, -0.05) is 0 Å². The minimum absolute atomic E-state index is 0.225. The minimum atomic E-state index is 0.225. The molecule has 3 nitrogen and oxygen atoms in total. The van der Waals surface area contributed by atoms with Gasteiger partial charge in [-0.2, -0.15) is 0 Å². The van der Waals surface area contributed by atoms with E-state index in [0.717, 1.165) is 0 Å². The molecular weight excluding hydrogens is 133 g/mol. The van der Waals surface area contributed by atoms with Crippen LogP contribution in [0.25, 0.3) is 0 Å². The Bertz CT molecular complexity index is 263. The molecule has 0 aliphatic heterocycles. The second-order valence-electron chi connectivity index (χ2n) is 1.25. The summed E-state index contributed by atoms with van der Waals surface area (Å²) in [5, 5.41) is 16.6. The van der Waals surface area contributed by atoms with Crippen LogP contribution >= 0.6 is 11.2 Å². The zero-order valence-corrected chi connectivity index (χ0v) is 5.14. The van der Waals surface area contributed by atoms with Gasteiger partial charge in [0, 0.05) is 0 Å². The number of nitrogens with zero attached hydrogens (tertiary/aromatic N) is 3. The van der Waals surface area contributed by atoms with Crippen LogP contribution in [0.15, 0.2) is 0 Å². The summed E-state index contributed by atoms with van der Waals surface area (Å²) in [5.74, 6) is 0. The predicted octanol–water partition coefficient (Wildman–Crippen LogP) is 0.225. The molecule has 0 unspecified atom stereocenters. The van der Waals surface area contributed by atoms with E-state index in [1.165, 1.54) is 17.5 Å². The Morgan fingerprint density at radius 1 is 1.44 bits per heavy atom. The Kier molecular flexibility index (Phi) is 1.57. The van der Waals surface area contributed by atoms with Crippen LogP contribution < -0.4 is 0 Å². The van der Waals surface area contributed by atoms with Crippen molar-refractivity contribution in [2.45, 2.75) is 0 Å². The molecule has 9 heavy (non-hydrogen) atoms. The molecule has 0 atom stereocenters. The predicted molar refractivity (Wildman–Crippen MR) is 32.9 cm³/mol. The summed E-state index contributed by atoms with van der Waals surface area (Å²) in [5.41, 5.74) is 0.225. The summed E-state index contributed by atoms with van der Waals surface area (Å²) in [6.45, 7) is 0. The van der Waals surface area contributed by atoms with E-state index >= 15 is 0 Å². The fourth-order valence-electron chi connectivity index (χ4n) is 0.405. The van der Waals surface area contributed by atoms with Gasteiger partial charge in [0.05, 0.1) is 0 Å². The van der Waals surface area contributed by atoms with E-state index < -0.39 is 0 Å². The Balaban J connectivity index is 3.22. The zero-order chi connectivity index (χ0) is 6.69. The van der Waals surface area contributed by atoms with Crippen molar-refractivity contribution < 1.29 is 0 Å². The maximum absolute atomic E-state index is 8.31. The molecule has 0 amide bonds.